The molecule has 0 aliphatic carbocycles. The third kappa shape index (κ3) is 3.13. The molecule has 5 heteroatoms. The van der Waals surface area contributed by atoms with Crippen molar-refractivity contribution < 1.29 is 14.4 Å². The van der Waals surface area contributed by atoms with E-state index in [-0.39, 0.29) is 0 Å². The van der Waals surface area contributed by atoms with Crippen LogP contribution in [0.15, 0.2) is 91.0 Å². The zero-order chi connectivity index (χ0) is 16.1. The lowest BCUT2D eigenvalue weighted by Gasteiger charge is -2.33. The molecule has 0 atom stereocenters. The summed E-state index contributed by atoms with van der Waals surface area (Å²) in [7, 11) is -4.83. The van der Waals surface area contributed by atoms with Crippen LogP contribution in [0.2, 0.25) is 0 Å². The largest absolute Gasteiger partial charge is 0.623 e. The lowest BCUT2D eigenvalue weighted by Crippen LogP contribution is -2.71. The van der Waals surface area contributed by atoms with E-state index >= 15 is 0 Å². The highest BCUT2D eigenvalue weighted by Gasteiger charge is 2.44. The molecule has 0 spiro atoms. The van der Waals surface area contributed by atoms with Gasteiger partial charge in [-0.1, -0.05) is 91.0 Å². The van der Waals surface area contributed by atoms with Crippen molar-refractivity contribution in [3.63, 3.8) is 0 Å². The van der Waals surface area contributed by atoms with Crippen LogP contribution in [0.3, 0.4) is 0 Å². The van der Waals surface area contributed by atoms with E-state index in [0.717, 1.165) is 15.6 Å². The maximum absolute atomic E-state index is 9.64. The highest BCUT2D eigenvalue weighted by atomic mass is 28.4. The first kappa shape index (κ1) is 15.7. The van der Waals surface area contributed by atoms with Gasteiger partial charge in [-0.3, -0.25) is 0 Å². The van der Waals surface area contributed by atoms with Gasteiger partial charge in [0.25, 0.3) is 8.32 Å². The minimum Gasteiger partial charge on any atom is -0.417 e. The molecule has 3 nitrogen and oxygen atoms in total. The standard InChI is InChI=1S/C18H17BO3Si/c20-19(21)22-23(16-10-4-1-5-11-16,17-12-6-2-7-13-17)18-14-8-3-9-15-18/h1-15,20-21H. The summed E-state index contributed by atoms with van der Waals surface area (Å²) in [5.41, 5.74) is 0. The molecule has 0 aliphatic rings. The van der Waals surface area contributed by atoms with Crippen molar-refractivity contribution in [2.45, 2.75) is 0 Å². The second-order valence-electron chi connectivity index (χ2n) is 5.22. The maximum atomic E-state index is 9.64. The molecule has 0 radical (unpaired) electrons. The molecule has 0 bridgehead atoms. The molecular weight excluding hydrogens is 303 g/mol. The zero-order valence-electron chi connectivity index (χ0n) is 12.5. The molecular formula is C18H17BO3Si. The molecule has 0 amide bonds. The fourth-order valence-corrected chi connectivity index (χ4v) is 6.59. The van der Waals surface area contributed by atoms with E-state index in [2.05, 4.69) is 0 Å². The van der Waals surface area contributed by atoms with Gasteiger partial charge in [-0.25, -0.2) is 0 Å². The summed E-state index contributed by atoms with van der Waals surface area (Å²) < 4.78 is 5.85. The van der Waals surface area contributed by atoms with Crippen LogP contribution in [0.4, 0.5) is 0 Å². The second kappa shape index (κ2) is 6.93. The smallest absolute Gasteiger partial charge is 0.417 e. The monoisotopic (exact) mass is 320 g/mol. The lowest BCUT2D eigenvalue weighted by molar-refractivity contribution is 0.290. The minimum absolute atomic E-state index is 0.963. The van der Waals surface area contributed by atoms with Crippen molar-refractivity contribution in [1.29, 1.82) is 0 Å². The fraction of sp³-hybridized carbons (Fsp3) is 0. The Kier molecular flexibility index (Phi) is 4.74. The van der Waals surface area contributed by atoms with Crippen LogP contribution < -0.4 is 15.6 Å². The Hall–Kier alpha value is -2.18. The lowest BCUT2D eigenvalue weighted by atomic mass is 10.3. The molecule has 0 saturated carbocycles. The number of rotatable bonds is 5. The van der Waals surface area contributed by atoms with Gasteiger partial charge in [-0.2, -0.15) is 0 Å². The summed E-state index contributed by atoms with van der Waals surface area (Å²) in [5.74, 6) is 0. The quantitative estimate of drug-likeness (QED) is 0.536. The van der Waals surface area contributed by atoms with Crippen molar-refractivity contribution >= 4 is 31.2 Å². The Morgan fingerprint density at radius 2 is 0.870 bits per heavy atom. The summed E-state index contributed by atoms with van der Waals surface area (Å²) in [5, 5.41) is 22.2. The van der Waals surface area contributed by atoms with Crippen LogP contribution in [0.25, 0.3) is 0 Å². The van der Waals surface area contributed by atoms with Gasteiger partial charge in [-0.05, 0) is 15.6 Å². The van der Waals surface area contributed by atoms with Crippen molar-refractivity contribution in [2.24, 2.45) is 0 Å². The predicted molar refractivity (Wildman–Crippen MR) is 95.3 cm³/mol. The molecule has 23 heavy (non-hydrogen) atoms. The average Bonchev–Trinajstić information content (AvgIpc) is 2.62. The van der Waals surface area contributed by atoms with Crippen LogP contribution in [0.5, 0.6) is 0 Å². The molecule has 0 aliphatic heterocycles. The van der Waals surface area contributed by atoms with Crippen LogP contribution in [-0.2, 0) is 4.34 Å². The van der Waals surface area contributed by atoms with E-state index in [9.17, 15) is 10.0 Å². The first-order valence-corrected chi connectivity index (χ1v) is 9.35. The molecule has 3 aromatic carbocycles. The van der Waals surface area contributed by atoms with E-state index in [0.29, 0.717) is 0 Å². The van der Waals surface area contributed by atoms with Crippen LogP contribution in [0.1, 0.15) is 0 Å². The number of hydrogen-bond donors (Lipinski definition) is 2. The normalized spacial score (nSPS) is 11.2. The van der Waals surface area contributed by atoms with Crippen molar-refractivity contribution in [1.82, 2.24) is 0 Å². The Bertz CT molecular complexity index is 639. The van der Waals surface area contributed by atoms with Gasteiger partial charge < -0.3 is 14.4 Å². The van der Waals surface area contributed by atoms with Crippen LogP contribution in [-0.4, -0.2) is 25.7 Å². The van der Waals surface area contributed by atoms with E-state index in [4.69, 9.17) is 4.34 Å². The van der Waals surface area contributed by atoms with Crippen molar-refractivity contribution in [2.75, 3.05) is 0 Å². The molecule has 0 saturated heterocycles. The Balaban J connectivity index is 2.30. The molecule has 0 heterocycles. The molecule has 0 fully saturated rings. The number of benzene rings is 3. The SMILES string of the molecule is OB(O)O[Si](c1ccccc1)(c1ccccc1)c1ccccc1. The first-order valence-electron chi connectivity index (χ1n) is 7.44. The van der Waals surface area contributed by atoms with Gasteiger partial charge in [0.2, 0.25) is 0 Å². The summed E-state index contributed by atoms with van der Waals surface area (Å²) >= 11 is 0. The van der Waals surface area contributed by atoms with E-state index in [1.54, 1.807) is 0 Å². The number of hydrogen-bond acceptors (Lipinski definition) is 3. The molecule has 0 aromatic heterocycles. The molecule has 3 aromatic rings. The molecule has 0 unspecified atom stereocenters. The van der Waals surface area contributed by atoms with E-state index in [1.165, 1.54) is 0 Å². The topological polar surface area (TPSA) is 49.7 Å². The van der Waals surface area contributed by atoms with Gasteiger partial charge in [0.05, 0.1) is 0 Å². The average molecular weight is 320 g/mol. The van der Waals surface area contributed by atoms with Gasteiger partial charge in [0.1, 0.15) is 0 Å². The van der Waals surface area contributed by atoms with Crippen LogP contribution >= 0.6 is 0 Å². The Morgan fingerprint density at radius 3 is 1.13 bits per heavy atom. The Morgan fingerprint density at radius 1 is 0.565 bits per heavy atom. The Labute approximate surface area is 137 Å². The highest BCUT2D eigenvalue weighted by molar-refractivity contribution is 7.08. The summed E-state index contributed by atoms with van der Waals surface area (Å²) in [6, 6.07) is 29.3. The maximum Gasteiger partial charge on any atom is 0.623 e. The summed E-state index contributed by atoms with van der Waals surface area (Å²) in [4.78, 5) is 0. The van der Waals surface area contributed by atoms with E-state index < -0.39 is 15.6 Å². The van der Waals surface area contributed by atoms with Crippen LogP contribution in [0, 0.1) is 0 Å². The third-order valence-corrected chi connectivity index (χ3v) is 7.83. The third-order valence-electron chi connectivity index (χ3n) is 3.82. The van der Waals surface area contributed by atoms with Gasteiger partial charge >= 0.3 is 7.32 Å². The summed E-state index contributed by atoms with van der Waals surface area (Å²) in [6.45, 7) is 0. The van der Waals surface area contributed by atoms with Gasteiger partial charge in [0, 0.05) is 0 Å². The first-order chi connectivity index (χ1) is 11.2. The van der Waals surface area contributed by atoms with Crippen molar-refractivity contribution in [3.8, 4) is 0 Å². The zero-order valence-corrected chi connectivity index (χ0v) is 13.5. The second-order valence-corrected chi connectivity index (χ2v) is 8.55. The predicted octanol–water partition coefficient (Wildman–Crippen LogP) is 0.640. The molecule has 2 N–H and O–H groups in total. The highest BCUT2D eigenvalue weighted by Crippen LogP contribution is 2.10. The summed E-state index contributed by atoms with van der Waals surface area (Å²) in [6.07, 6.45) is 0. The fourth-order valence-electron chi connectivity index (χ4n) is 2.88. The molecule has 3 rings (SSSR count). The van der Waals surface area contributed by atoms with E-state index in [1.807, 2.05) is 91.0 Å². The van der Waals surface area contributed by atoms with Gasteiger partial charge in [0.15, 0.2) is 0 Å². The molecule has 114 valence electrons. The van der Waals surface area contributed by atoms with Gasteiger partial charge in [-0.15, -0.1) is 0 Å². The minimum atomic E-state index is -2.99. The van der Waals surface area contributed by atoms with Crippen molar-refractivity contribution in [3.05, 3.63) is 91.0 Å².